The van der Waals surface area contributed by atoms with E-state index in [9.17, 15) is 4.79 Å². The summed E-state index contributed by atoms with van der Waals surface area (Å²) in [6.07, 6.45) is 3.18. The molecule has 76 valence electrons. The van der Waals surface area contributed by atoms with E-state index >= 15 is 0 Å². The maximum Gasteiger partial charge on any atom is 0.335 e. The first-order chi connectivity index (χ1) is 7.33. The van der Waals surface area contributed by atoms with Crippen molar-refractivity contribution in [3.05, 3.63) is 77.4 Å². The van der Waals surface area contributed by atoms with E-state index in [2.05, 4.69) is 11.0 Å². The lowest BCUT2D eigenvalue weighted by Crippen LogP contribution is -1.90. The van der Waals surface area contributed by atoms with Crippen LogP contribution in [0, 0.1) is 0 Å². The van der Waals surface area contributed by atoms with Gasteiger partial charge in [0.1, 0.15) is 0 Å². The van der Waals surface area contributed by atoms with Gasteiger partial charge in [-0.25, -0.2) is 4.79 Å². The van der Waals surface area contributed by atoms with E-state index in [1.165, 1.54) is 17.9 Å². The zero-order valence-corrected chi connectivity index (χ0v) is 8.30. The summed E-state index contributed by atoms with van der Waals surface area (Å²) in [7, 11) is 0. The fourth-order valence-corrected chi connectivity index (χ4v) is 0.914. The van der Waals surface area contributed by atoms with Crippen LogP contribution in [-0.2, 0) is 0 Å². The van der Waals surface area contributed by atoms with Gasteiger partial charge in [0.25, 0.3) is 0 Å². The van der Waals surface area contributed by atoms with Crippen molar-refractivity contribution in [2.45, 2.75) is 0 Å². The van der Waals surface area contributed by atoms with E-state index in [4.69, 9.17) is 0 Å². The highest BCUT2D eigenvalue weighted by molar-refractivity contribution is 5.45. The summed E-state index contributed by atoms with van der Waals surface area (Å²) in [5, 5.41) is 0. The summed E-state index contributed by atoms with van der Waals surface area (Å²) in [6.45, 7) is 3.63. The molecule has 0 unspecified atom stereocenters. The predicted molar refractivity (Wildman–Crippen MR) is 61.5 cm³/mol. The van der Waals surface area contributed by atoms with E-state index < -0.39 is 0 Å². The number of hydrogen-bond acceptors (Lipinski definition) is 2. The Morgan fingerprint density at radius 2 is 1.67 bits per heavy atom. The smallest absolute Gasteiger partial charge is 0.335 e. The maximum absolute atomic E-state index is 10.1. The Kier molecular flexibility index (Phi) is 4.67. The van der Waals surface area contributed by atoms with Gasteiger partial charge in [0, 0.05) is 6.07 Å². The van der Waals surface area contributed by atoms with Gasteiger partial charge in [0.2, 0.25) is 0 Å². The maximum atomic E-state index is 10.1. The summed E-state index contributed by atoms with van der Waals surface area (Å²) in [5.41, 5.74) is 0.870. The van der Waals surface area contributed by atoms with Crippen molar-refractivity contribution in [3.63, 3.8) is 0 Å². The van der Waals surface area contributed by atoms with Crippen LogP contribution in [0.25, 0.3) is 6.08 Å². The van der Waals surface area contributed by atoms with Crippen molar-refractivity contribution in [2.75, 3.05) is 0 Å². The average Bonchev–Trinajstić information content (AvgIpc) is 2.32. The van der Waals surface area contributed by atoms with Gasteiger partial charge >= 0.3 is 5.63 Å². The zero-order valence-electron chi connectivity index (χ0n) is 8.30. The molecule has 2 nitrogen and oxygen atoms in total. The molecular formula is C13H12O2. The normalized spacial score (nSPS) is 8.53. The van der Waals surface area contributed by atoms with E-state index in [0.717, 1.165) is 0 Å². The van der Waals surface area contributed by atoms with Crippen LogP contribution in [0.4, 0.5) is 0 Å². The molecule has 0 spiro atoms. The average molecular weight is 200 g/mol. The number of hydrogen-bond donors (Lipinski definition) is 0. The van der Waals surface area contributed by atoms with Gasteiger partial charge in [-0.05, 0) is 11.6 Å². The van der Waals surface area contributed by atoms with Crippen LogP contribution in [0.2, 0.25) is 0 Å². The summed E-state index contributed by atoms with van der Waals surface area (Å²) in [6, 6.07) is 14.7. The monoisotopic (exact) mass is 200 g/mol. The molecule has 1 aromatic carbocycles. The number of rotatable bonds is 1. The third-order valence-corrected chi connectivity index (χ3v) is 1.64. The second kappa shape index (κ2) is 6.38. The molecule has 2 rings (SSSR count). The van der Waals surface area contributed by atoms with E-state index in [1.54, 1.807) is 12.1 Å². The highest BCUT2D eigenvalue weighted by atomic mass is 16.4. The fraction of sp³-hybridized carbons (Fsp3) is 0. The van der Waals surface area contributed by atoms with Crippen LogP contribution in [-0.4, -0.2) is 0 Å². The molecule has 15 heavy (non-hydrogen) atoms. The molecule has 0 amide bonds. The highest BCUT2D eigenvalue weighted by Gasteiger charge is 1.75. The van der Waals surface area contributed by atoms with Crippen molar-refractivity contribution in [1.82, 2.24) is 0 Å². The van der Waals surface area contributed by atoms with Gasteiger partial charge in [-0.15, -0.1) is 0 Å². The van der Waals surface area contributed by atoms with E-state index in [0.29, 0.717) is 0 Å². The molecule has 0 bridgehead atoms. The molecule has 0 radical (unpaired) electrons. The third kappa shape index (κ3) is 4.62. The minimum atomic E-state index is -0.303. The Hall–Kier alpha value is -2.09. The summed E-state index contributed by atoms with van der Waals surface area (Å²) >= 11 is 0. The van der Waals surface area contributed by atoms with Crippen molar-refractivity contribution in [2.24, 2.45) is 0 Å². The third-order valence-electron chi connectivity index (χ3n) is 1.64. The van der Waals surface area contributed by atoms with Crippen molar-refractivity contribution >= 4 is 6.08 Å². The van der Waals surface area contributed by atoms with Crippen LogP contribution in [0.5, 0.6) is 0 Å². The van der Waals surface area contributed by atoms with Gasteiger partial charge in [0.05, 0.1) is 6.26 Å². The zero-order chi connectivity index (χ0) is 10.9. The van der Waals surface area contributed by atoms with Gasteiger partial charge in [0.15, 0.2) is 0 Å². The van der Waals surface area contributed by atoms with E-state index in [-0.39, 0.29) is 5.63 Å². The quantitative estimate of drug-likeness (QED) is 0.708. The number of benzene rings is 1. The Bertz CT molecular complexity index is 426. The first-order valence-corrected chi connectivity index (χ1v) is 4.54. The van der Waals surface area contributed by atoms with Crippen LogP contribution in [0.1, 0.15) is 5.56 Å². The molecule has 0 aliphatic carbocycles. The van der Waals surface area contributed by atoms with Crippen molar-refractivity contribution in [1.29, 1.82) is 0 Å². The SMILES string of the molecule is C=Cc1ccccc1.O=c1cccco1. The standard InChI is InChI=1S/C8H8.C5H4O2/c1-2-8-6-4-3-5-7-8;6-5-3-1-2-4-7-5/h2-7H,1H2;1-4H. The largest absolute Gasteiger partial charge is 0.431 e. The van der Waals surface area contributed by atoms with Gasteiger partial charge in [-0.3, -0.25) is 0 Å². The summed E-state index contributed by atoms with van der Waals surface area (Å²) in [4.78, 5) is 10.1. The molecular weight excluding hydrogens is 188 g/mol. The molecule has 0 atom stereocenters. The minimum Gasteiger partial charge on any atom is -0.431 e. The van der Waals surface area contributed by atoms with Crippen molar-refractivity contribution < 1.29 is 4.42 Å². The Morgan fingerprint density at radius 1 is 1.00 bits per heavy atom. The molecule has 1 aromatic heterocycles. The van der Waals surface area contributed by atoms with Gasteiger partial charge < -0.3 is 4.42 Å². The predicted octanol–water partition coefficient (Wildman–Crippen LogP) is 2.97. The molecule has 2 heteroatoms. The summed E-state index contributed by atoms with van der Waals surface area (Å²) in [5.74, 6) is 0. The lowest BCUT2D eigenvalue weighted by atomic mass is 10.2. The topological polar surface area (TPSA) is 30.2 Å². The van der Waals surface area contributed by atoms with Crippen LogP contribution in [0.15, 0.2) is 70.6 Å². The molecule has 1 heterocycles. The Labute approximate surface area is 88.5 Å². The molecule has 0 aliphatic heterocycles. The molecule has 0 saturated carbocycles. The van der Waals surface area contributed by atoms with E-state index in [1.807, 2.05) is 36.4 Å². The Morgan fingerprint density at radius 3 is 2.00 bits per heavy atom. The fourth-order valence-electron chi connectivity index (χ4n) is 0.914. The lowest BCUT2D eigenvalue weighted by molar-refractivity contribution is 0.511. The molecule has 0 aliphatic rings. The molecule has 0 N–H and O–H groups in total. The van der Waals surface area contributed by atoms with Crippen molar-refractivity contribution in [3.8, 4) is 0 Å². The molecule has 2 aromatic rings. The molecule has 0 saturated heterocycles. The minimum absolute atomic E-state index is 0.303. The summed E-state index contributed by atoms with van der Waals surface area (Å²) < 4.78 is 4.37. The van der Waals surface area contributed by atoms with Gasteiger partial charge in [-0.1, -0.05) is 49.1 Å². The second-order valence-corrected chi connectivity index (χ2v) is 2.74. The van der Waals surface area contributed by atoms with Crippen LogP contribution >= 0.6 is 0 Å². The van der Waals surface area contributed by atoms with Crippen LogP contribution in [0.3, 0.4) is 0 Å². The highest BCUT2D eigenvalue weighted by Crippen LogP contribution is 1.97. The van der Waals surface area contributed by atoms with Gasteiger partial charge in [-0.2, -0.15) is 0 Å². The first-order valence-electron chi connectivity index (χ1n) is 4.54. The first kappa shape index (κ1) is 11.0. The second-order valence-electron chi connectivity index (χ2n) is 2.74. The molecule has 0 fully saturated rings. The lowest BCUT2D eigenvalue weighted by Gasteiger charge is -1.85. The van der Waals surface area contributed by atoms with Crippen LogP contribution < -0.4 is 5.63 Å². The Balaban J connectivity index is 0.000000151.